The number of tetrazole rings is 1. The Morgan fingerprint density at radius 3 is 2.76 bits per heavy atom. The summed E-state index contributed by atoms with van der Waals surface area (Å²) < 4.78 is 6.62. The molecule has 2 aromatic carbocycles. The van der Waals surface area contributed by atoms with Crippen LogP contribution in [-0.4, -0.2) is 37.6 Å². The molecule has 0 unspecified atom stereocenters. The molecule has 4 aromatic rings. The molecule has 0 amide bonds. The average molecular weight is 334 g/mol. The van der Waals surface area contributed by atoms with E-state index in [1.165, 1.54) is 0 Å². The van der Waals surface area contributed by atoms with Crippen molar-refractivity contribution in [2.75, 3.05) is 11.9 Å². The van der Waals surface area contributed by atoms with Gasteiger partial charge in [-0.25, -0.2) is 9.78 Å². The molecule has 0 saturated carbocycles. The SMILES string of the molecule is CCOC(=O)c1ccc(Nc2nc3ccccc3n3nnnc23)cc1. The lowest BCUT2D eigenvalue weighted by molar-refractivity contribution is 0.0526. The van der Waals surface area contributed by atoms with Gasteiger partial charge >= 0.3 is 5.97 Å². The van der Waals surface area contributed by atoms with E-state index in [0.717, 1.165) is 16.7 Å². The summed E-state index contributed by atoms with van der Waals surface area (Å²) in [4.78, 5) is 16.3. The smallest absolute Gasteiger partial charge is 0.338 e. The Morgan fingerprint density at radius 1 is 1.16 bits per heavy atom. The maximum absolute atomic E-state index is 11.7. The number of esters is 1. The van der Waals surface area contributed by atoms with Crippen LogP contribution in [0.4, 0.5) is 11.5 Å². The molecule has 1 N–H and O–H groups in total. The fourth-order valence-electron chi connectivity index (χ4n) is 2.53. The van der Waals surface area contributed by atoms with Crippen LogP contribution in [0.3, 0.4) is 0 Å². The third-order valence-electron chi connectivity index (χ3n) is 3.68. The first-order valence-corrected chi connectivity index (χ1v) is 7.77. The predicted octanol–water partition coefficient (Wildman–Crippen LogP) is 2.59. The zero-order valence-corrected chi connectivity index (χ0v) is 13.4. The van der Waals surface area contributed by atoms with Gasteiger partial charge in [-0.2, -0.15) is 4.52 Å². The third-order valence-corrected chi connectivity index (χ3v) is 3.68. The monoisotopic (exact) mass is 334 g/mol. The minimum Gasteiger partial charge on any atom is -0.462 e. The Bertz CT molecular complexity index is 1060. The van der Waals surface area contributed by atoms with Crippen LogP contribution in [0.15, 0.2) is 48.5 Å². The van der Waals surface area contributed by atoms with Gasteiger partial charge in [0.15, 0.2) is 5.82 Å². The van der Waals surface area contributed by atoms with Gasteiger partial charge in [0.25, 0.3) is 0 Å². The molecule has 0 bridgehead atoms. The van der Waals surface area contributed by atoms with Gasteiger partial charge in [-0.1, -0.05) is 12.1 Å². The molecule has 0 spiro atoms. The van der Waals surface area contributed by atoms with Crippen LogP contribution in [-0.2, 0) is 4.74 Å². The van der Waals surface area contributed by atoms with E-state index in [4.69, 9.17) is 4.74 Å². The van der Waals surface area contributed by atoms with Gasteiger partial charge in [0, 0.05) is 5.69 Å². The summed E-state index contributed by atoms with van der Waals surface area (Å²) in [5.74, 6) is 0.189. The molecular formula is C17H14N6O2. The van der Waals surface area contributed by atoms with Crippen molar-refractivity contribution in [3.63, 3.8) is 0 Å². The van der Waals surface area contributed by atoms with Crippen LogP contribution >= 0.6 is 0 Å². The standard InChI is InChI=1S/C17H14N6O2/c1-2-25-17(24)11-7-9-12(10-8-11)18-15-16-20-21-22-23(16)14-6-4-3-5-13(14)19-15/h3-10H,2H2,1H3,(H,18,19). The van der Waals surface area contributed by atoms with Crippen LogP contribution in [0.5, 0.6) is 0 Å². The van der Waals surface area contributed by atoms with Gasteiger partial charge in [0.2, 0.25) is 5.65 Å². The number of para-hydroxylation sites is 2. The van der Waals surface area contributed by atoms with Crippen LogP contribution < -0.4 is 5.32 Å². The first-order chi connectivity index (χ1) is 12.3. The number of nitrogens with zero attached hydrogens (tertiary/aromatic N) is 5. The highest BCUT2D eigenvalue weighted by atomic mass is 16.5. The number of ether oxygens (including phenoxy) is 1. The number of rotatable bonds is 4. The van der Waals surface area contributed by atoms with Gasteiger partial charge in [0.1, 0.15) is 0 Å². The topological polar surface area (TPSA) is 94.3 Å². The number of aromatic nitrogens is 5. The predicted molar refractivity (Wildman–Crippen MR) is 91.8 cm³/mol. The number of hydrogen-bond donors (Lipinski definition) is 1. The zero-order valence-electron chi connectivity index (χ0n) is 13.4. The molecule has 0 atom stereocenters. The normalized spacial score (nSPS) is 10.9. The van der Waals surface area contributed by atoms with Crippen molar-refractivity contribution in [1.82, 2.24) is 25.0 Å². The summed E-state index contributed by atoms with van der Waals surface area (Å²) in [6.07, 6.45) is 0. The van der Waals surface area contributed by atoms with Crippen molar-refractivity contribution in [2.45, 2.75) is 6.92 Å². The fraction of sp³-hybridized carbons (Fsp3) is 0.118. The van der Waals surface area contributed by atoms with Crippen molar-refractivity contribution in [3.8, 4) is 0 Å². The number of benzene rings is 2. The number of fused-ring (bicyclic) bond motifs is 3. The number of anilines is 2. The summed E-state index contributed by atoms with van der Waals surface area (Å²) in [6.45, 7) is 2.12. The number of hydrogen-bond acceptors (Lipinski definition) is 7. The van der Waals surface area contributed by atoms with Crippen molar-refractivity contribution < 1.29 is 9.53 Å². The minimum atomic E-state index is -0.345. The van der Waals surface area contributed by atoms with E-state index >= 15 is 0 Å². The Morgan fingerprint density at radius 2 is 1.96 bits per heavy atom. The molecule has 25 heavy (non-hydrogen) atoms. The van der Waals surface area contributed by atoms with E-state index in [1.807, 2.05) is 24.3 Å². The van der Waals surface area contributed by atoms with E-state index in [0.29, 0.717) is 23.6 Å². The van der Waals surface area contributed by atoms with Crippen LogP contribution in [0.25, 0.3) is 16.7 Å². The summed E-state index contributed by atoms with van der Waals surface area (Å²) >= 11 is 0. The van der Waals surface area contributed by atoms with Gasteiger partial charge in [-0.3, -0.25) is 0 Å². The van der Waals surface area contributed by atoms with E-state index in [1.54, 1.807) is 35.7 Å². The first-order valence-electron chi connectivity index (χ1n) is 7.77. The molecule has 8 nitrogen and oxygen atoms in total. The fourth-order valence-corrected chi connectivity index (χ4v) is 2.53. The number of nitrogens with one attached hydrogen (secondary N) is 1. The highest BCUT2D eigenvalue weighted by Crippen LogP contribution is 2.22. The molecule has 2 aromatic heterocycles. The Labute approximate surface area is 142 Å². The van der Waals surface area contributed by atoms with E-state index < -0.39 is 0 Å². The molecule has 0 aliphatic carbocycles. The van der Waals surface area contributed by atoms with Crippen molar-refractivity contribution in [2.24, 2.45) is 0 Å². The summed E-state index contributed by atoms with van der Waals surface area (Å²) in [5.41, 5.74) is 3.38. The quantitative estimate of drug-likeness (QED) is 0.573. The molecule has 0 fully saturated rings. The lowest BCUT2D eigenvalue weighted by Gasteiger charge is -2.09. The zero-order chi connectivity index (χ0) is 17.2. The van der Waals surface area contributed by atoms with E-state index in [2.05, 4.69) is 25.8 Å². The number of carbonyl (C=O) groups is 1. The Kier molecular flexibility index (Phi) is 3.70. The highest BCUT2D eigenvalue weighted by Gasteiger charge is 2.12. The summed E-state index contributed by atoms with van der Waals surface area (Å²) in [5, 5.41) is 15.0. The Balaban J connectivity index is 1.70. The van der Waals surface area contributed by atoms with Crippen LogP contribution in [0, 0.1) is 0 Å². The molecule has 0 saturated heterocycles. The van der Waals surface area contributed by atoms with E-state index in [-0.39, 0.29) is 5.97 Å². The van der Waals surface area contributed by atoms with Gasteiger partial charge in [-0.15, -0.1) is 5.10 Å². The molecule has 2 heterocycles. The van der Waals surface area contributed by atoms with Crippen molar-refractivity contribution in [1.29, 1.82) is 0 Å². The minimum absolute atomic E-state index is 0.345. The maximum atomic E-state index is 11.7. The van der Waals surface area contributed by atoms with Gasteiger partial charge in [-0.05, 0) is 53.7 Å². The van der Waals surface area contributed by atoms with Crippen molar-refractivity contribution in [3.05, 3.63) is 54.1 Å². The molecular weight excluding hydrogens is 320 g/mol. The molecule has 8 heteroatoms. The molecule has 0 radical (unpaired) electrons. The van der Waals surface area contributed by atoms with Crippen LogP contribution in [0.2, 0.25) is 0 Å². The lowest BCUT2D eigenvalue weighted by Crippen LogP contribution is -2.05. The Hall–Kier alpha value is -3.55. The molecule has 4 rings (SSSR count). The second-order valence-corrected chi connectivity index (χ2v) is 5.29. The average Bonchev–Trinajstić information content (AvgIpc) is 3.13. The van der Waals surface area contributed by atoms with Gasteiger partial charge < -0.3 is 10.1 Å². The molecule has 0 aliphatic rings. The van der Waals surface area contributed by atoms with E-state index in [9.17, 15) is 4.79 Å². The molecule has 124 valence electrons. The van der Waals surface area contributed by atoms with Crippen molar-refractivity contribution >= 4 is 34.2 Å². The largest absolute Gasteiger partial charge is 0.462 e. The second-order valence-electron chi connectivity index (χ2n) is 5.29. The first kappa shape index (κ1) is 15.0. The summed E-state index contributed by atoms with van der Waals surface area (Å²) in [7, 11) is 0. The summed E-state index contributed by atoms with van der Waals surface area (Å²) in [6, 6.07) is 14.6. The molecule has 0 aliphatic heterocycles. The second kappa shape index (κ2) is 6.16. The maximum Gasteiger partial charge on any atom is 0.338 e. The van der Waals surface area contributed by atoms with Crippen LogP contribution in [0.1, 0.15) is 17.3 Å². The number of carbonyl (C=O) groups excluding carboxylic acids is 1. The third kappa shape index (κ3) is 2.74. The lowest BCUT2D eigenvalue weighted by atomic mass is 10.2. The highest BCUT2D eigenvalue weighted by molar-refractivity contribution is 5.90. The van der Waals surface area contributed by atoms with Gasteiger partial charge in [0.05, 0.1) is 23.2 Å².